The van der Waals surface area contributed by atoms with Gasteiger partial charge in [0.25, 0.3) is 0 Å². The molecule has 5 heteroatoms. The number of aryl methyl sites for hydroxylation is 1. The van der Waals surface area contributed by atoms with E-state index in [0.29, 0.717) is 17.9 Å². The van der Waals surface area contributed by atoms with Gasteiger partial charge in [-0.15, -0.1) is 0 Å². The molecular weight excluding hydrogens is 266 g/mol. The first-order valence-electron chi connectivity index (χ1n) is 7.11. The Balaban J connectivity index is 2.51. The Morgan fingerprint density at radius 3 is 2.62 bits per heavy atom. The van der Waals surface area contributed by atoms with Gasteiger partial charge in [0.2, 0.25) is 0 Å². The van der Waals surface area contributed by atoms with Crippen LogP contribution in [0.3, 0.4) is 0 Å². The third kappa shape index (κ3) is 2.77. The number of anilines is 1. The third-order valence-electron chi connectivity index (χ3n) is 3.57. The number of rotatable bonds is 4. The number of nitrogen functional groups attached to an aromatic ring is 1. The highest BCUT2D eigenvalue weighted by Crippen LogP contribution is 2.22. The molecule has 0 unspecified atom stereocenters. The summed E-state index contributed by atoms with van der Waals surface area (Å²) in [4.78, 5) is 11.9. The molecule has 0 saturated heterocycles. The van der Waals surface area contributed by atoms with Crippen LogP contribution in [0.15, 0.2) is 18.2 Å². The van der Waals surface area contributed by atoms with Crippen LogP contribution in [0.2, 0.25) is 0 Å². The van der Waals surface area contributed by atoms with E-state index in [0.717, 1.165) is 23.5 Å². The second kappa shape index (κ2) is 5.99. The second-order valence-electron chi connectivity index (χ2n) is 4.91. The van der Waals surface area contributed by atoms with Crippen LogP contribution in [0.1, 0.15) is 41.2 Å². The Kier molecular flexibility index (Phi) is 4.31. The summed E-state index contributed by atoms with van der Waals surface area (Å²) in [6.45, 7) is 8.22. The van der Waals surface area contributed by atoms with Crippen molar-refractivity contribution < 1.29 is 9.53 Å². The van der Waals surface area contributed by atoms with E-state index >= 15 is 0 Å². The summed E-state index contributed by atoms with van der Waals surface area (Å²) < 4.78 is 6.87. The van der Waals surface area contributed by atoms with E-state index in [-0.39, 0.29) is 0 Å². The maximum atomic E-state index is 11.9. The highest BCUT2D eigenvalue weighted by molar-refractivity contribution is 5.95. The van der Waals surface area contributed by atoms with E-state index in [1.54, 1.807) is 19.1 Å². The van der Waals surface area contributed by atoms with Crippen molar-refractivity contribution in [3.8, 4) is 5.69 Å². The molecule has 0 spiro atoms. The maximum Gasteiger partial charge on any atom is 0.340 e. The molecule has 112 valence electrons. The number of esters is 1. The van der Waals surface area contributed by atoms with Gasteiger partial charge in [-0.1, -0.05) is 6.92 Å². The van der Waals surface area contributed by atoms with Gasteiger partial charge in [0, 0.05) is 11.4 Å². The fourth-order valence-electron chi connectivity index (χ4n) is 2.50. The zero-order chi connectivity index (χ0) is 15.6. The summed E-state index contributed by atoms with van der Waals surface area (Å²) >= 11 is 0. The number of aromatic nitrogens is 2. The molecular formula is C16H21N3O2. The molecule has 1 aromatic heterocycles. The zero-order valence-corrected chi connectivity index (χ0v) is 12.9. The van der Waals surface area contributed by atoms with Crippen molar-refractivity contribution in [3.05, 3.63) is 40.7 Å². The van der Waals surface area contributed by atoms with Gasteiger partial charge in [-0.25, -0.2) is 9.48 Å². The molecule has 0 amide bonds. The summed E-state index contributed by atoms with van der Waals surface area (Å²) in [5.74, 6) is -0.408. The number of benzene rings is 1. The average Bonchev–Trinajstić information content (AvgIpc) is 2.74. The van der Waals surface area contributed by atoms with Gasteiger partial charge >= 0.3 is 5.97 Å². The SMILES string of the molecule is CCOC(=O)c1cc(-n2nc(C)c(CC)c2C)ccc1N. The number of hydrogen-bond acceptors (Lipinski definition) is 4. The Labute approximate surface area is 124 Å². The molecule has 2 rings (SSSR count). The summed E-state index contributed by atoms with van der Waals surface area (Å²) in [5, 5.41) is 4.55. The van der Waals surface area contributed by atoms with Crippen molar-refractivity contribution >= 4 is 11.7 Å². The normalized spacial score (nSPS) is 10.7. The van der Waals surface area contributed by atoms with Gasteiger partial charge < -0.3 is 10.5 Å². The van der Waals surface area contributed by atoms with Crippen LogP contribution in [0, 0.1) is 13.8 Å². The molecule has 21 heavy (non-hydrogen) atoms. The molecule has 0 aliphatic rings. The Morgan fingerprint density at radius 1 is 1.33 bits per heavy atom. The van der Waals surface area contributed by atoms with E-state index in [2.05, 4.69) is 12.0 Å². The zero-order valence-electron chi connectivity index (χ0n) is 12.9. The summed E-state index contributed by atoms with van der Waals surface area (Å²) in [6, 6.07) is 5.30. The standard InChI is InChI=1S/C16H21N3O2/c1-5-13-10(3)18-19(11(13)4)12-7-8-15(17)14(9-12)16(20)21-6-2/h7-9H,5-6,17H2,1-4H3. The van der Waals surface area contributed by atoms with Crippen molar-refractivity contribution in [1.29, 1.82) is 0 Å². The fourth-order valence-corrected chi connectivity index (χ4v) is 2.50. The number of carbonyl (C=O) groups excluding carboxylic acids is 1. The average molecular weight is 287 g/mol. The molecule has 5 nitrogen and oxygen atoms in total. The molecule has 1 heterocycles. The Bertz CT molecular complexity index is 674. The molecule has 0 radical (unpaired) electrons. The van der Waals surface area contributed by atoms with Gasteiger partial charge in [-0.3, -0.25) is 0 Å². The van der Waals surface area contributed by atoms with Gasteiger partial charge in [0.15, 0.2) is 0 Å². The van der Waals surface area contributed by atoms with E-state index in [9.17, 15) is 4.79 Å². The molecule has 0 aliphatic heterocycles. The van der Waals surface area contributed by atoms with Crippen molar-refractivity contribution in [2.75, 3.05) is 12.3 Å². The first kappa shape index (κ1) is 15.1. The van der Waals surface area contributed by atoms with Crippen LogP contribution in [0.25, 0.3) is 5.69 Å². The predicted molar refractivity (Wildman–Crippen MR) is 82.8 cm³/mol. The minimum atomic E-state index is -0.408. The summed E-state index contributed by atoms with van der Waals surface area (Å²) in [7, 11) is 0. The second-order valence-corrected chi connectivity index (χ2v) is 4.91. The van der Waals surface area contributed by atoms with E-state index in [1.165, 1.54) is 5.56 Å². The van der Waals surface area contributed by atoms with Crippen LogP contribution in [0.4, 0.5) is 5.69 Å². The Morgan fingerprint density at radius 2 is 2.05 bits per heavy atom. The van der Waals surface area contributed by atoms with Crippen molar-refractivity contribution in [2.45, 2.75) is 34.1 Å². The van der Waals surface area contributed by atoms with Crippen molar-refractivity contribution in [1.82, 2.24) is 9.78 Å². The molecule has 0 aliphatic carbocycles. The minimum Gasteiger partial charge on any atom is -0.462 e. The van der Waals surface area contributed by atoms with Gasteiger partial charge in [-0.2, -0.15) is 5.10 Å². The first-order valence-corrected chi connectivity index (χ1v) is 7.11. The number of carbonyl (C=O) groups is 1. The lowest BCUT2D eigenvalue weighted by Crippen LogP contribution is -2.10. The monoisotopic (exact) mass is 287 g/mol. The van der Waals surface area contributed by atoms with Crippen LogP contribution in [0.5, 0.6) is 0 Å². The van der Waals surface area contributed by atoms with Crippen LogP contribution >= 0.6 is 0 Å². The van der Waals surface area contributed by atoms with Crippen LogP contribution in [-0.2, 0) is 11.2 Å². The largest absolute Gasteiger partial charge is 0.462 e. The van der Waals surface area contributed by atoms with Crippen molar-refractivity contribution in [3.63, 3.8) is 0 Å². The quantitative estimate of drug-likeness (QED) is 0.693. The molecule has 0 saturated carbocycles. The maximum absolute atomic E-state index is 11.9. The van der Waals surface area contributed by atoms with Gasteiger partial charge in [0.1, 0.15) is 0 Å². The minimum absolute atomic E-state index is 0.322. The van der Waals surface area contributed by atoms with Gasteiger partial charge in [0.05, 0.1) is 23.6 Å². The van der Waals surface area contributed by atoms with E-state index < -0.39 is 5.97 Å². The van der Waals surface area contributed by atoms with Crippen LogP contribution in [-0.4, -0.2) is 22.4 Å². The molecule has 0 atom stereocenters. The van der Waals surface area contributed by atoms with E-state index in [1.807, 2.05) is 24.6 Å². The van der Waals surface area contributed by atoms with Crippen LogP contribution < -0.4 is 5.73 Å². The lowest BCUT2D eigenvalue weighted by atomic mass is 10.1. The molecule has 0 bridgehead atoms. The first-order chi connectivity index (χ1) is 9.99. The molecule has 2 N–H and O–H groups in total. The fraction of sp³-hybridized carbons (Fsp3) is 0.375. The highest BCUT2D eigenvalue weighted by Gasteiger charge is 2.15. The summed E-state index contributed by atoms with van der Waals surface area (Å²) in [5.41, 5.74) is 10.8. The highest BCUT2D eigenvalue weighted by atomic mass is 16.5. The van der Waals surface area contributed by atoms with Crippen molar-refractivity contribution in [2.24, 2.45) is 0 Å². The predicted octanol–water partition coefficient (Wildman–Crippen LogP) is 2.81. The Hall–Kier alpha value is -2.30. The molecule has 1 aromatic carbocycles. The third-order valence-corrected chi connectivity index (χ3v) is 3.57. The lowest BCUT2D eigenvalue weighted by Gasteiger charge is -2.10. The smallest absolute Gasteiger partial charge is 0.340 e. The number of hydrogen-bond donors (Lipinski definition) is 1. The topological polar surface area (TPSA) is 70.1 Å². The molecule has 0 fully saturated rings. The van der Waals surface area contributed by atoms with Gasteiger partial charge in [-0.05, 0) is 51.0 Å². The number of ether oxygens (including phenoxy) is 1. The lowest BCUT2D eigenvalue weighted by molar-refractivity contribution is 0.0527. The number of nitrogens with zero attached hydrogens (tertiary/aromatic N) is 2. The number of nitrogens with two attached hydrogens (primary N) is 1. The van der Waals surface area contributed by atoms with E-state index in [4.69, 9.17) is 10.5 Å². The summed E-state index contributed by atoms with van der Waals surface area (Å²) in [6.07, 6.45) is 0.928. The molecule has 2 aromatic rings.